The molecule has 80 valence electrons. The molecule has 0 bridgehead atoms. The summed E-state index contributed by atoms with van der Waals surface area (Å²) in [6.07, 6.45) is 7.97. The summed E-state index contributed by atoms with van der Waals surface area (Å²) >= 11 is 1.57. The third-order valence-electron chi connectivity index (χ3n) is 1.58. The molecule has 0 saturated carbocycles. The summed E-state index contributed by atoms with van der Waals surface area (Å²) in [7, 11) is 1.98. The van der Waals surface area contributed by atoms with Crippen LogP contribution in [0.2, 0.25) is 0 Å². The quantitative estimate of drug-likeness (QED) is 0.349. The van der Waals surface area contributed by atoms with Crippen LogP contribution >= 0.6 is 11.9 Å². The minimum Gasteiger partial charge on any atom is -0.320 e. The number of nitrogens with one attached hydrogen (secondary N) is 2. The largest absolute Gasteiger partial charge is 0.320 e. The van der Waals surface area contributed by atoms with Gasteiger partial charge in [0.05, 0.1) is 0 Å². The average molecular weight is 212 g/mol. The summed E-state index contributed by atoms with van der Waals surface area (Å²) in [6.45, 7) is 9.59. The van der Waals surface area contributed by atoms with Crippen LogP contribution in [0.5, 0.6) is 0 Å². The van der Waals surface area contributed by atoms with Gasteiger partial charge >= 0.3 is 0 Å². The van der Waals surface area contributed by atoms with Crippen LogP contribution in [0.1, 0.15) is 12.8 Å². The second-order valence-corrected chi connectivity index (χ2v) is 3.89. The van der Waals surface area contributed by atoms with Crippen molar-refractivity contribution in [3.8, 4) is 0 Å². The Bertz CT molecular complexity index is 188. The summed E-state index contributed by atoms with van der Waals surface area (Å²) in [6, 6.07) is 0. The summed E-state index contributed by atoms with van der Waals surface area (Å²) in [5, 5.41) is 3.12. The molecule has 0 spiro atoms. The third-order valence-corrected chi connectivity index (χ3v) is 2.32. The Morgan fingerprint density at radius 3 is 2.71 bits per heavy atom. The molecule has 0 aromatic heterocycles. The fraction of sp³-hybridized carbons (Fsp3) is 0.455. The topological polar surface area (TPSA) is 24.1 Å². The molecule has 0 aliphatic rings. The van der Waals surface area contributed by atoms with Crippen molar-refractivity contribution >= 4 is 11.9 Å². The number of rotatable bonds is 9. The van der Waals surface area contributed by atoms with Gasteiger partial charge in [-0.1, -0.05) is 25.3 Å². The SMILES string of the molecule is C=C/C=C/C(=C)SNCCCCNC. The Labute approximate surface area is 91.7 Å². The van der Waals surface area contributed by atoms with Gasteiger partial charge in [0.1, 0.15) is 0 Å². The van der Waals surface area contributed by atoms with Crippen LogP contribution in [-0.4, -0.2) is 20.1 Å². The fourth-order valence-corrected chi connectivity index (χ4v) is 1.43. The van der Waals surface area contributed by atoms with Gasteiger partial charge in [-0.3, -0.25) is 4.72 Å². The molecular weight excluding hydrogens is 192 g/mol. The second-order valence-electron chi connectivity index (χ2n) is 2.87. The lowest BCUT2D eigenvalue weighted by Crippen LogP contribution is -2.11. The third kappa shape index (κ3) is 9.58. The number of unbranched alkanes of at least 4 members (excludes halogenated alkanes) is 1. The molecule has 0 fully saturated rings. The normalized spacial score (nSPS) is 10.6. The predicted octanol–water partition coefficient (Wildman–Crippen LogP) is 2.48. The van der Waals surface area contributed by atoms with Crippen LogP contribution in [0.15, 0.2) is 36.3 Å². The Morgan fingerprint density at radius 1 is 1.36 bits per heavy atom. The predicted molar refractivity (Wildman–Crippen MR) is 67.2 cm³/mol. The standard InChI is InChI=1S/C11H20N2S/c1-4-5-8-11(2)14-13-10-7-6-9-12-3/h4-5,8,12-13H,1-2,6-7,9-10H2,3H3/b8-5+. The second kappa shape index (κ2) is 10.6. The van der Waals surface area contributed by atoms with Crippen molar-refractivity contribution in [2.45, 2.75) is 12.8 Å². The first kappa shape index (κ1) is 13.5. The molecule has 3 heteroatoms. The van der Waals surface area contributed by atoms with Crippen molar-refractivity contribution in [2.24, 2.45) is 0 Å². The van der Waals surface area contributed by atoms with Gasteiger partial charge in [-0.2, -0.15) is 0 Å². The van der Waals surface area contributed by atoms with Crippen LogP contribution in [0.3, 0.4) is 0 Å². The molecule has 0 amide bonds. The first-order chi connectivity index (χ1) is 6.81. The molecule has 0 saturated heterocycles. The van der Waals surface area contributed by atoms with E-state index in [0.29, 0.717) is 0 Å². The van der Waals surface area contributed by atoms with E-state index in [1.165, 1.54) is 12.8 Å². The zero-order valence-electron chi connectivity index (χ0n) is 8.88. The van der Waals surface area contributed by atoms with E-state index in [1.54, 1.807) is 18.0 Å². The maximum absolute atomic E-state index is 3.88. The van der Waals surface area contributed by atoms with Crippen LogP contribution in [0, 0.1) is 0 Å². The molecule has 0 aromatic rings. The van der Waals surface area contributed by atoms with Crippen molar-refractivity contribution in [1.82, 2.24) is 10.0 Å². The van der Waals surface area contributed by atoms with Crippen molar-refractivity contribution in [3.05, 3.63) is 36.3 Å². The van der Waals surface area contributed by atoms with E-state index < -0.39 is 0 Å². The van der Waals surface area contributed by atoms with E-state index in [2.05, 4.69) is 23.2 Å². The maximum atomic E-state index is 3.88. The van der Waals surface area contributed by atoms with Gasteiger partial charge < -0.3 is 5.32 Å². The van der Waals surface area contributed by atoms with Gasteiger partial charge in [-0.25, -0.2) is 0 Å². The van der Waals surface area contributed by atoms with E-state index >= 15 is 0 Å². The van der Waals surface area contributed by atoms with Gasteiger partial charge in [-0.05, 0) is 44.5 Å². The first-order valence-corrected chi connectivity index (χ1v) is 5.65. The molecule has 2 nitrogen and oxygen atoms in total. The zero-order chi connectivity index (χ0) is 10.6. The van der Waals surface area contributed by atoms with E-state index in [-0.39, 0.29) is 0 Å². The van der Waals surface area contributed by atoms with Gasteiger partial charge in [0.2, 0.25) is 0 Å². The van der Waals surface area contributed by atoms with Crippen molar-refractivity contribution in [2.75, 3.05) is 20.1 Å². The summed E-state index contributed by atoms with van der Waals surface area (Å²) in [4.78, 5) is 1.01. The molecule has 14 heavy (non-hydrogen) atoms. The Morgan fingerprint density at radius 2 is 2.07 bits per heavy atom. The molecule has 0 aliphatic heterocycles. The molecule has 0 heterocycles. The first-order valence-electron chi connectivity index (χ1n) is 4.83. The number of hydrogen-bond acceptors (Lipinski definition) is 3. The van der Waals surface area contributed by atoms with Crippen molar-refractivity contribution < 1.29 is 0 Å². The van der Waals surface area contributed by atoms with Gasteiger partial charge in [0, 0.05) is 11.4 Å². The van der Waals surface area contributed by atoms with Crippen LogP contribution in [-0.2, 0) is 0 Å². The highest BCUT2D eigenvalue weighted by atomic mass is 32.2. The van der Waals surface area contributed by atoms with Crippen molar-refractivity contribution in [3.63, 3.8) is 0 Å². The molecule has 0 rings (SSSR count). The van der Waals surface area contributed by atoms with Crippen LogP contribution in [0.25, 0.3) is 0 Å². The lowest BCUT2D eigenvalue weighted by molar-refractivity contribution is 0.673. The number of allylic oxidation sites excluding steroid dienone is 3. The molecule has 0 unspecified atom stereocenters. The van der Waals surface area contributed by atoms with Gasteiger partial charge in [0.25, 0.3) is 0 Å². The Kier molecular flexibility index (Phi) is 10.2. The Hall–Kier alpha value is -0.510. The molecule has 0 aliphatic carbocycles. The molecule has 0 radical (unpaired) electrons. The average Bonchev–Trinajstić information content (AvgIpc) is 2.20. The monoisotopic (exact) mass is 212 g/mol. The van der Waals surface area contributed by atoms with Gasteiger partial charge in [-0.15, -0.1) is 0 Å². The lowest BCUT2D eigenvalue weighted by Gasteiger charge is -2.03. The smallest absolute Gasteiger partial charge is 0.0156 e. The minimum atomic E-state index is 1.01. The summed E-state index contributed by atoms with van der Waals surface area (Å²) < 4.78 is 3.26. The minimum absolute atomic E-state index is 1.01. The van der Waals surface area contributed by atoms with Crippen LogP contribution < -0.4 is 10.0 Å². The molecule has 0 atom stereocenters. The van der Waals surface area contributed by atoms with Gasteiger partial charge in [0.15, 0.2) is 0 Å². The van der Waals surface area contributed by atoms with E-state index in [9.17, 15) is 0 Å². The highest BCUT2D eigenvalue weighted by Crippen LogP contribution is 2.09. The Balaban J connectivity index is 3.23. The molecule has 0 aromatic carbocycles. The van der Waals surface area contributed by atoms with Crippen molar-refractivity contribution in [1.29, 1.82) is 0 Å². The van der Waals surface area contributed by atoms with E-state index in [1.807, 2.05) is 19.2 Å². The van der Waals surface area contributed by atoms with E-state index in [0.717, 1.165) is 18.0 Å². The van der Waals surface area contributed by atoms with E-state index in [4.69, 9.17) is 0 Å². The maximum Gasteiger partial charge on any atom is 0.0156 e. The summed E-state index contributed by atoms with van der Waals surface area (Å²) in [5.41, 5.74) is 0. The lowest BCUT2D eigenvalue weighted by atomic mass is 10.3. The van der Waals surface area contributed by atoms with Crippen LogP contribution in [0.4, 0.5) is 0 Å². The summed E-state index contributed by atoms with van der Waals surface area (Å²) in [5.74, 6) is 0. The highest BCUT2D eigenvalue weighted by molar-refractivity contribution is 8.01. The highest BCUT2D eigenvalue weighted by Gasteiger charge is 1.90. The fourth-order valence-electron chi connectivity index (χ4n) is 0.852. The zero-order valence-corrected chi connectivity index (χ0v) is 9.70. The number of hydrogen-bond donors (Lipinski definition) is 2. The molecular formula is C11H20N2S. The molecule has 2 N–H and O–H groups in total.